The highest BCUT2D eigenvalue weighted by Gasteiger charge is 2.31. The number of ether oxygens (including phenoxy) is 1. The predicted octanol–water partition coefficient (Wildman–Crippen LogP) is 3.72. The van der Waals surface area contributed by atoms with Crippen LogP contribution in [0.4, 0.5) is 4.39 Å². The number of nitrogens with one attached hydrogen (secondary N) is 1. The average Bonchev–Trinajstić information content (AvgIpc) is 3.45. The Bertz CT molecular complexity index is 677. The van der Waals surface area contributed by atoms with Crippen LogP contribution in [0.5, 0.6) is 5.75 Å². The van der Waals surface area contributed by atoms with E-state index in [1.54, 1.807) is 12.3 Å². The quantitative estimate of drug-likeness (QED) is 0.479. The second-order valence-corrected chi connectivity index (χ2v) is 8.65. The van der Waals surface area contributed by atoms with E-state index in [2.05, 4.69) is 4.72 Å². The molecule has 1 aromatic carbocycles. The smallest absolute Gasteiger partial charge is 0.264 e. The Morgan fingerprint density at radius 3 is 2.71 bits per heavy atom. The molecule has 0 spiro atoms. The average molecular weight is 450 g/mol. The largest absolute Gasteiger partial charge is 0.489 e. The summed E-state index contributed by atoms with van der Waals surface area (Å²) in [5.74, 6) is -0.0519. The van der Waals surface area contributed by atoms with Crippen molar-refractivity contribution in [2.45, 2.75) is 37.7 Å². The van der Waals surface area contributed by atoms with E-state index in [-0.39, 0.29) is 25.2 Å². The van der Waals surface area contributed by atoms with E-state index in [9.17, 15) is 9.18 Å². The SMILES string of the molecule is CSNC(=O)c1cc(C2CC2)c(OC2CCCN(OSN(C)C)C2)cc1F.S. The number of hydrogen-bond acceptors (Lipinski definition) is 7. The fourth-order valence-corrected chi connectivity index (χ4v) is 3.73. The summed E-state index contributed by atoms with van der Waals surface area (Å²) < 4.78 is 30.8. The molecule has 1 amide bonds. The molecule has 1 aliphatic carbocycles. The number of hydrogen-bond donors (Lipinski definition) is 1. The summed E-state index contributed by atoms with van der Waals surface area (Å²) in [6.07, 6.45) is 5.61. The number of piperidine rings is 1. The third-order valence-corrected chi connectivity index (χ3v) is 5.44. The van der Waals surface area contributed by atoms with E-state index >= 15 is 0 Å². The number of benzene rings is 1. The van der Waals surface area contributed by atoms with Crippen molar-refractivity contribution in [2.75, 3.05) is 33.4 Å². The lowest BCUT2D eigenvalue weighted by atomic mass is 10.0. The van der Waals surface area contributed by atoms with Crippen LogP contribution in [0, 0.1) is 5.82 Å². The molecule has 1 aromatic rings. The molecule has 28 heavy (non-hydrogen) atoms. The second-order valence-electron chi connectivity index (χ2n) is 7.01. The van der Waals surface area contributed by atoms with Crippen LogP contribution in [0.15, 0.2) is 12.1 Å². The Labute approximate surface area is 181 Å². The fraction of sp³-hybridized carbons (Fsp3) is 0.611. The van der Waals surface area contributed by atoms with Crippen LogP contribution in [0.3, 0.4) is 0 Å². The van der Waals surface area contributed by atoms with Gasteiger partial charge in [-0.25, -0.2) is 13.0 Å². The molecule has 2 fully saturated rings. The minimum atomic E-state index is -0.548. The summed E-state index contributed by atoms with van der Waals surface area (Å²) >= 11 is 2.43. The molecule has 1 unspecified atom stereocenters. The molecule has 10 heteroatoms. The minimum Gasteiger partial charge on any atom is -0.489 e. The summed E-state index contributed by atoms with van der Waals surface area (Å²) in [5, 5.41) is 1.88. The van der Waals surface area contributed by atoms with Crippen molar-refractivity contribution in [3.8, 4) is 5.75 Å². The summed E-state index contributed by atoms with van der Waals surface area (Å²) in [5.41, 5.74) is 1.01. The lowest BCUT2D eigenvalue weighted by Crippen LogP contribution is -2.40. The van der Waals surface area contributed by atoms with Gasteiger partial charge in [0, 0.05) is 18.9 Å². The third kappa shape index (κ3) is 6.43. The number of amides is 1. The molecule has 1 N–H and O–H groups in total. The highest BCUT2D eigenvalue weighted by molar-refractivity contribution is 7.97. The Kier molecular flexibility index (Phi) is 9.23. The third-order valence-electron chi connectivity index (χ3n) is 4.48. The van der Waals surface area contributed by atoms with Crippen LogP contribution in [0.1, 0.15) is 47.5 Å². The molecule has 3 rings (SSSR count). The Morgan fingerprint density at radius 1 is 1.32 bits per heavy atom. The first-order chi connectivity index (χ1) is 13.0. The van der Waals surface area contributed by atoms with Gasteiger partial charge in [0.25, 0.3) is 5.91 Å². The van der Waals surface area contributed by atoms with Crippen molar-refractivity contribution in [3.05, 3.63) is 29.1 Å². The van der Waals surface area contributed by atoms with Crippen molar-refractivity contribution < 1.29 is 18.2 Å². The van der Waals surface area contributed by atoms with Crippen LogP contribution in [-0.2, 0) is 4.28 Å². The van der Waals surface area contributed by atoms with Gasteiger partial charge in [-0.05, 0) is 57.3 Å². The molecule has 0 bridgehead atoms. The van der Waals surface area contributed by atoms with Gasteiger partial charge >= 0.3 is 0 Å². The Balaban J connectivity index is 0.00000280. The van der Waals surface area contributed by atoms with E-state index in [1.807, 2.05) is 23.5 Å². The van der Waals surface area contributed by atoms with Crippen molar-refractivity contribution in [2.24, 2.45) is 0 Å². The van der Waals surface area contributed by atoms with Crippen molar-refractivity contribution in [3.63, 3.8) is 0 Å². The summed E-state index contributed by atoms with van der Waals surface area (Å²) in [4.78, 5) is 12.1. The van der Waals surface area contributed by atoms with E-state index in [0.29, 0.717) is 18.2 Å². The normalized spacial score (nSPS) is 20.0. The van der Waals surface area contributed by atoms with E-state index in [0.717, 1.165) is 49.7 Å². The van der Waals surface area contributed by atoms with Gasteiger partial charge in [-0.2, -0.15) is 18.6 Å². The number of halogens is 1. The Morgan fingerprint density at radius 2 is 2.07 bits per heavy atom. The molecule has 158 valence electrons. The Hall–Kier alpha value is -0.650. The molecule has 1 heterocycles. The molecule has 6 nitrogen and oxygen atoms in total. The standard InChI is InChI=1S/C18H26FN3O3S2.H2S/c1-21(2)27-25-22-8-4-5-13(11-22)24-17-10-16(19)15(18(23)20-26-3)9-14(17)12-6-7-12;/h9-10,12-13H,4-8,11H2,1-3H3,(H,20,23);1H2. The van der Waals surface area contributed by atoms with E-state index in [4.69, 9.17) is 9.02 Å². The van der Waals surface area contributed by atoms with Crippen molar-refractivity contribution in [1.29, 1.82) is 0 Å². The highest BCUT2D eigenvalue weighted by atomic mass is 32.2. The van der Waals surface area contributed by atoms with Crippen molar-refractivity contribution in [1.82, 2.24) is 14.1 Å². The zero-order valence-electron chi connectivity index (χ0n) is 16.4. The summed E-state index contributed by atoms with van der Waals surface area (Å²) in [6, 6.07) is 3.03. The summed E-state index contributed by atoms with van der Waals surface area (Å²) in [7, 11) is 3.84. The maximum absolute atomic E-state index is 14.5. The van der Waals surface area contributed by atoms with Gasteiger partial charge in [-0.15, -0.1) is 0 Å². The second kappa shape index (κ2) is 10.9. The van der Waals surface area contributed by atoms with Crippen LogP contribution in [0.2, 0.25) is 0 Å². The topological polar surface area (TPSA) is 54.0 Å². The highest BCUT2D eigenvalue weighted by Crippen LogP contribution is 2.45. The molecular weight excluding hydrogens is 421 g/mol. The number of carbonyl (C=O) groups is 1. The van der Waals surface area contributed by atoms with E-state index in [1.165, 1.54) is 18.3 Å². The molecule has 0 aromatic heterocycles. The van der Waals surface area contributed by atoms with Crippen LogP contribution in [0.25, 0.3) is 0 Å². The molecule has 2 aliphatic rings. The zero-order valence-corrected chi connectivity index (χ0v) is 19.0. The molecule has 1 aliphatic heterocycles. The number of carbonyl (C=O) groups excluding carboxylic acids is 1. The monoisotopic (exact) mass is 449 g/mol. The van der Waals surface area contributed by atoms with Crippen LogP contribution < -0.4 is 9.46 Å². The molecule has 0 radical (unpaired) electrons. The van der Waals surface area contributed by atoms with Gasteiger partial charge in [0.15, 0.2) is 0 Å². The first kappa shape index (κ1) is 23.6. The van der Waals surface area contributed by atoms with Crippen LogP contribution in [-0.4, -0.2) is 54.8 Å². The van der Waals surface area contributed by atoms with Gasteiger partial charge in [0.05, 0.1) is 12.1 Å². The van der Waals surface area contributed by atoms with Gasteiger partial charge in [-0.1, -0.05) is 11.9 Å². The molecule has 1 saturated heterocycles. The predicted molar refractivity (Wildman–Crippen MR) is 117 cm³/mol. The number of nitrogens with zero attached hydrogens (tertiary/aromatic N) is 2. The molecular formula is C18H28FN3O3S3. The fourth-order valence-electron chi connectivity index (χ4n) is 3.07. The van der Waals surface area contributed by atoms with Gasteiger partial charge in [-0.3, -0.25) is 9.52 Å². The van der Waals surface area contributed by atoms with Gasteiger partial charge in [0.1, 0.15) is 29.9 Å². The summed E-state index contributed by atoms with van der Waals surface area (Å²) in [6.45, 7) is 1.47. The number of rotatable bonds is 8. The van der Waals surface area contributed by atoms with Crippen LogP contribution >= 0.6 is 37.7 Å². The molecule has 1 atom stereocenters. The first-order valence-corrected chi connectivity index (χ1v) is 11.0. The zero-order chi connectivity index (χ0) is 19.4. The number of hydroxylamine groups is 2. The maximum Gasteiger partial charge on any atom is 0.264 e. The maximum atomic E-state index is 14.5. The van der Waals surface area contributed by atoms with E-state index < -0.39 is 11.7 Å². The molecule has 1 saturated carbocycles. The lowest BCUT2D eigenvalue weighted by molar-refractivity contribution is -0.0872. The minimum absolute atomic E-state index is 0. The first-order valence-electron chi connectivity index (χ1n) is 9.08. The van der Waals surface area contributed by atoms with Gasteiger partial charge < -0.3 is 4.74 Å². The lowest BCUT2D eigenvalue weighted by Gasteiger charge is -2.32. The van der Waals surface area contributed by atoms with Crippen molar-refractivity contribution >= 4 is 43.6 Å². The van der Waals surface area contributed by atoms with Gasteiger partial charge in [0.2, 0.25) is 0 Å².